The van der Waals surface area contributed by atoms with Gasteiger partial charge in [0.25, 0.3) is 0 Å². The summed E-state index contributed by atoms with van der Waals surface area (Å²) in [4.78, 5) is 15.5. The minimum Gasteiger partial charge on any atom is -0.293 e. The summed E-state index contributed by atoms with van der Waals surface area (Å²) in [5, 5.41) is -0.927. The number of carbonyl (C=O) groups excluding carboxylic acids is 1. The second kappa shape index (κ2) is 4.58. The van der Waals surface area contributed by atoms with Crippen molar-refractivity contribution in [3.8, 4) is 0 Å². The number of fused-ring (bicyclic) bond motifs is 2. The van der Waals surface area contributed by atoms with Gasteiger partial charge in [-0.15, -0.1) is 11.3 Å². The Morgan fingerprint density at radius 1 is 1.37 bits per heavy atom. The van der Waals surface area contributed by atoms with Crippen molar-refractivity contribution >= 4 is 17.1 Å². The van der Waals surface area contributed by atoms with Crippen LogP contribution in [-0.2, 0) is 6.18 Å². The summed E-state index contributed by atoms with van der Waals surface area (Å²) in [5.74, 6) is 1.56. The lowest BCUT2D eigenvalue weighted by atomic mass is 9.85. The van der Waals surface area contributed by atoms with Gasteiger partial charge >= 0.3 is 6.18 Å². The molecule has 1 aromatic heterocycles. The molecule has 0 aliphatic heterocycles. The summed E-state index contributed by atoms with van der Waals surface area (Å²) in [6.07, 6.45) is 1.72. The Hall–Kier alpha value is -0.910. The molecule has 6 heteroatoms. The van der Waals surface area contributed by atoms with Crippen LogP contribution in [0.5, 0.6) is 0 Å². The Balaban J connectivity index is 1.66. The Morgan fingerprint density at radius 2 is 2.16 bits per heavy atom. The molecule has 0 spiro atoms. The molecule has 2 nitrogen and oxygen atoms in total. The zero-order chi connectivity index (χ0) is 13.6. The normalized spacial score (nSPS) is 29.9. The minimum absolute atomic E-state index is 0.148. The van der Waals surface area contributed by atoms with E-state index in [-0.39, 0.29) is 10.7 Å². The fourth-order valence-electron chi connectivity index (χ4n) is 3.50. The summed E-state index contributed by atoms with van der Waals surface area (Å²) in [6.45, 7) is 0. The fourth-order valence-corrected chi connectivity index (χ4v) is 4.23. The smallest absolute Gasteiger partial charge is 0.293 e. The molecule has 2 aliphatic rings. The van der Waals surface area contributed by atoms with Gasteiger partial charge in [0.2, 0.25) is 0 Å². The quantitative estimate of drug-likeness (QED) is 0.782. The molecule has 0 amide bonds. The van der Waals surface area contributed by atoms with Gasteiger partial charge in [-0.3, -0.25) is 4.79 Å². The lowest BCUT2D eigenvalue weighted by Crippen LogP contribution is -2.14. The van der Waals surface area contributed by atoms with E-state index in [4.69, 9.17) is 0 Å². The first kappa shape index (κ1) is 13.1. The van der Waals surface area contributed by atoms with E-state index in [1.54, 1.807) is 0 Å². The Morgan fingerprint density at radius 3 is 2.68 bits per heavy atom. The van der Waals surface area contributed by atoms with E-state index in [0.29, 0.717) is 29.6 Å². The first-order valence-corrected chi connectivity index (χ1v) is 7.31. The third kappa shape index (κ3) is 2.55. The molecular formula is C13H14F3NOS. The number of alkyl halides is 3. The number of ketones is 1. The predicted molar refractivity (Wildman–Crippen MR) is 65.0 cm³/mol. The van der Waals surface area contributed by atoms with Gasteiger partial charge in [-0.2, -0.15) is 13.2 Å². The molecule has 3 rings (SSSR count). The van der Waals surface area contributed by atoms with Crippen molar-refractivity contribution in [2.45, 2.75) is 38.3 Å². The van der Waals surface area contributed by atoms with Gasteiger partial charge in [0.15, 0.2) is 10.8 Å². The lowest BCUT2D eigenvalue weighted by Gasteiger charge is -2.20. The zero-order valence-corrected chi connectivity index (χ0v) is 11.1. The number of halogens is 3. The maximum absolute atomic E-state index is 12.4. The largest absolute Gasteiger partial charge is 0.443 e. The molecule has 1 aromatic rings. The number of carbonyl (C=O) groups is 1. The number of hydrogen-bond donors (Lipinski definition) is 0. The van der Waals surface area contributed by atoms with Gasteiger partial charge in [0, 0.05) is 12.6 Å². The van der Waals surface area contributed by atoms with Gasteiger partial charge in [-0.25, -0.2) is 4.98 Å². The Bertz CT molecular complexity index is 496. The number of Topliss-reactive ketones (excluding diaryl/α,β-unsaturated/α-hetero) is 1. The van der Waals surface area contributed by atoms with Gasteiger partial charge in [-0.05, 0) is 37.0 Å². The molecule has 2 aliphatic carbocycles. The highest BCUT2D eigenvalue weighted by Gasteiger charge is 2.41. The molecular weight excluding hydrogens is 275 g/mol. The van der Waals surface area contributed by atoms with Crippen molar-refractivity contribution in [1.82, 2.24) is 4.98 Å². The zero-order valence-electron chi connectivity index (χ0n) is 10.2. The summed E-state index contributed by atoms with van der Waals surface area (Å²) in [7, 11) is 0. The van der Waals surface area contributed by atoms with Gasteiger partial charge < -0.3 is 0 Å². The van der Waals surface area contributed by atoms with Crippen molar-refractivity contribution in [2.24, 2.45) is 17.8 Å². The second-order valence-electron chi connectivity index (χ2n) is 5.59. The molecule has 2 fully saturated rings. The van der Waals surface area contributed by atoms with Crippen LogP contribution in [0.2, 0.25) is 0 Å². The van der Waals surface area contributed by atoms with E-state index in [2.05, 4.69) is 4.98 Å². The molecule has 3 unspecified atom stereocenters. The number of hydrogen-bond acceptors (Lipinski definition) is 3. The SMILES string of the molecule is O=C(CC1CC2CCC1C2)c1cnc(C(F)(F)F)s1. The first-order chi connectivity index (χ1) is 8.93. The number of rotatable bonds is 3. The van der Waals surface area contributed by atoms with Crippen molar-refractivity contribution in [2.75, 3.05) is 0 Å². The third-order valence-corrected chi connectivity index (χ3v) is 5.44. The molecule has 0 N–H and O–H groups in total. The second-order valence-corrected chi connectivity index (χ2v) is 6.62. The van der Waals surface area contributed by atoms with Crippen molar-refractivity contribution in [3.63, 3.8) is 0 Å². The minimum atomic E-state index is -4.45. The maximum atomic E-state index is 12.4. The van der Waals surface area contributed by atoms with Crippen molar-refractivity contribution < 1.29 is 18.0 Å². The average Bonchev–Trinajstić information content (AvgIpc) is 3.03. The van der Waals surface area contributed by atoms with Crippen LogP contribution in [0.3, 0.4) is 0 Å². The van der Waals surface area contributed by atoms with Crippen LogP contribution in [0.15, 0.2) is 6.20 Å². The van der Waals surface area contributed by atoms with Crippen molar-refractivity contribution in [1.29, 1.82) is 0 Å². The summed E-state index contributed by atoms with van der Waals surface area (Å²) < 4.78 is 37.3. The molecule has 0 radical (unpaired) electrons. The molecule has 19 heavy (non-hydrogen) atoms. The maximum Gasteiger partial charge on any atom is 0.443 e. The highest BCUT2D eigenvalue weighted by Crippen LogP contribution is 2.50. The van der Waals surface area contributed by atoms with E-state index < -0.39 is 11.2 Å². The predicted octanol–water partition coefficient (Wildman–Crippen LogP) is 4.17. The summed E-state index contributed by atoms with van der Waals surface area (Å²) >= 11 is 0.466. The van der Waals surface area contributed by atoms with E-state index in [0.717, 1.165) is 18.5 Å². The van der Waals surface area contributed by atoms with E-state index >= 15 is 0 Å². The fraction of sp³-hybridized carbons (Fsp3) is 0.692. The molecule has 2 bridgehead atoms. The summed E-state index contributed by atoms with van der Waals surface area (Å²) in [5.41, 5.74) is 0. The third-order valence-electron chi connectivity index (χ3n) is 4.36. The molecule has 3 atom stereocenters. The van der Waals surface area contributed by atoms with Crippen molar-refractivity contribution in [3.05, 3.63) is 16.1 Å². The first-order valence-electron chi connectivity index (χ1n) is 6.49. The van der Waals surface area contributed by atoms with Gasteiger partial charge in [0.1, 0.15) is 0 Å². The monoisotopic (exact) mass is 289 g/mol. The molecule has 0 aromatic carbocycles. The van der Waals surface area contributed by atoms with Crippen LogP contribution < -0.4 is 0 Å². The van der Waals surface area contributed by atoms with E-state index in [9.17, 15) is 18.0 Å². The molecule has 1 heterocycles. The Labute approximate surface area is 113 Å². The van der Waals surface area contributed by atoms with Crippen LogP contribution in [-0.4, -0.2) is 10.8 Å². The van der Waals surface area contributed by atoms with E-state index in [1.165, 1.54) is 19.3 Å². The molecule has 2 saturated carbocycles. The summed E-state index contributed by atoms with van der Waals surface area (Å²) in [6, 6.07) is 0. The van der Waals surface area contributed by atoms with Crippen LogP contribution in [0.1, 0.15) is 46.8 Å². The van der Waals surface area contributed by atoms with E-state index in [1.807, 2.05) is 0 Å². The average molecular weight is 289 g/mol. The van der Waals surface area contributed by atoms with Crippen LogP contribution in [0, 0.1) is 17.8 Å². The van der Waals surface area contributed by atoms with Crippen LogP contribution in [0.4, 0.5) is 13.2 Å². The highest BCUT2D eigenvalue weighted by molar-refractivity contribution is 7.13. The standard InChI is InChI=1S/C13H14F3NOS/c14-13(15,16)12-17-6-11(19-12)10(18)5-9-4-7-1-2-8(9)3-7/h6-9H,1-5H2. The number of thiazole rings is 1. The molecule has 104 valence electrons. The Kier molecular flexibility index (Phi) is 3.15. The number of aromatic nitrogens is 1. The van der Waals surface area contributed by atoms with Crippen LogP contribution >= 0.6 is 11.3 Å². The topological polar surface area (TPSA) is 30.0 Å². The molecule has 0 saturated heterocycles. The highest BCUT2D eigenvalue weighted by atomic mass is 32.1. The lowest BCUT2D eigenvalue weighted by molar-refractivity contribution is -0.137. The van der Waals surface area contributed by atoms with Gasteiger partial charge in [0.05, 0.1) is 4.88 Å². The number of nitrogens with zero attached hydrogens (tertiary/aromatic N) is 1. The van der Waals surface area contributed by atoms with Crippen LogP contribution in [0.25, 0.3) is 0 Å². The van der Waals surface area contributed by atoms with Gasteiger partial charge in [-0.1, -0.05) is 6.42 Å².